The monoisotopic (exact) mass is 267 g/mol. The molecular weight excluding hydrogens is 250 g/mol. The van der Waals surface area contributed by atoms with Gasteiger partial charge in [-0.05, 0) is 48.6 Å². The predicted molar refractivity (Wildman–Crippen MR) is 73.5 cm³/mol. The first kappa shape index (κ1) is 13.1. The summed E-state index contributed by atoms with van der Waals surface area (Å²) in [6, 6.07) is 7.36. The van der Waals surface area contributed by atoms with Gasteiger partial charge < -0.3 is 15.2 Å². The van der Waals surface area contributed by atoms with Gasteiger partial charge in [-0.1, -0.05) is 0 Å². The van der Waals surface area contributed by atoms with Crippen molar-refractivity contribution in [3.63, 3.8) is 0 Å². The number of aliphatic carboxylic acids is 1. The molecule has 0 amide bonds. The Morgan fingerprint density at radius 2 is 1.94 bits per heavy atom. The fourth-order valence-corrected chi connectivity index (χ4v) is 3.25. The first-order valence-electron chi connectivity index (χ1n) is 5.90. The van der Waals surface area contributed by atoms with Crippen molar-refractivity contribution in [3.8, 4) is 5.75 Å². The van der Waals surface area contributed by atoms with Crippen molar-refractivity contribution in [3.05, 3.63) is 24.3 Å². The van der Waals surface area contributed by atoms with Crippen LogP contribution in [0.3, 0.4) is 0 Å². The SMILES string of the molecule is COc1ccc(NC2(C(=O)O)CCSCC2)cc1. The van der Waals surface area contributed by atoms with E-state index in [1.54, 1.807) is 7.11 Å². The number of carboxylic acids is 1. The Morgan fingerprint density at radius 1 is 1.33 bits per heavy atom. The van der Waals surface area contributed by atoms with Gasteiger partial charge in [0.15, 0.2) is 0 Å². The van der Waals surface area contributed by atoms with Gasteiger partial charge in [-0.2, -0.15) is 11.8 Å². The number of carboxylic acid groups (broad SMARTS) is 1. The van der Waals surface area contributed by atoms with Gasteiger partial charge in [0.05, 0.1) is 7.11 Å². The zero-order valence-electron chi connectivity index (χ0n) is 10.3. The molecule has 18 heavy (non-hydrogen) atoms. The fraction of sp³-hybridized carbons (Fsp3) is 0.462. The molecule has 5 heteroatoms. The van der Waals surface area contributed by atoms with E-state index in [-0.39, 0.29) is 0 Å². The number of benzene rings is 1. The van der Waals surface area contributed by atoms with E-state index in [9.17, 15) is 9.90 Å². The molecule has 2 rings (SSSR count). The Labute approximate surface area is 111 Å². The second-order valence-electron chi connectivity index (χ2n) is 4.35. The first-order chi connectivity index (χ1) is 8.66. The minimum Gasteiger partial charge on any atom is -0.497 e. The van der Waals surface area contributed by atoms with Crippen LogP contribution in [0.15, 0.2) is 24.3 Å². The highest BCUT2D eigenvalue weighted by Crippen LogP contribution is 2.31. The van der Waals surface area contributed by atoms with E-state index in [1.807, 2.05) is 36.0 Å². The molecule has 0 radical (unpaired) electrons. The number of hydrogen-bond donors (Lipinski definition) is 2. The van der Waals surface area contributed by atoms with Crippen LogP contribution in [0.4, 0.5) is 5.69 Å². The van der Waals surface area contributed by atoms with Gasteiger partial charge in [-0.3, -0.25) is 0 Å². The summed E-state index contributed by atoms with van der Waals surface area (Å²) >= 11 is 1.81. The number of rotatable bonds is 4. The molecule has 1 aliphatic heterocycles. The number of nitrogens with one attached hydrogen (secondary N) is 1. The lowest BCUT2D eigenvalue weighted by atomic mass is 9.92. The molecular formula is C13H17NO3S. The van der Waals surface area contributed by atoms with Crippen LogP contribution in [0.2, 0.25) is 0 Å². The molecule has 1 aromatic carbocycles. The molecule has 0 atom stereocenters. The summed E-state index contributed by atoms with van der Waals surface area (Å²) in [5, 5.41) is 12.6. The third-order valence-corrected chi connectivity index (χ3v) is 4.21. The Hall–Kier alpha value is -1.36. The number of anilines is 1. The van der Waals surface area contributed by atoms with E-state index in [1.165, 1.54) is 0 Å². The maximum atomic E-state index is 11.5. The van der Waals surface area contributed by atoms with Crippen molar-refractivity contribution in [2.45, 2.75) is 18.4 Å². The van der Waals surface area contributed by atoms with Crippen molar-refractivity contribution in [2.75, 3.05) is 23.9 Å². The van der Waals surface area contributed by atoms with Gasteiger partial charge in [0, 0.05) is 5.69 Å². The van der Waals surface area contributed by atoms with Gasteiger partial charge in [0.25, 0.3) is 0 Å². The molecule has 0 bridgehead atoms. The molecule has 98 valence electrons. The van der Waals surface area contributed by atoms with Crippen LogP contribution in [0, 0.1) is 0 Å². The van der Waals surface area contributed by atoms with Crippen molar-refractivity contribution < 1.29 is 14.6 Å². The van der Waals surface area contributed by atoms with Gasteiger partial charge in [-0.25, -0.2) is 4.79 Å². The molecule has 0 unspecified atom stereocenters. The summed E-state index contributed by atoms with van der Waals surface area (Å²) in [6.07, 6.45) is 1.30. The van der Waals surface area contributed by atoms with E-state index >= 15 is 0 Å². The van der Waals surface area contributed by atoms with Crippen LogP contribution >= 0.6 is 11.8 Å². The van der Waals surface area contributed by atoms with E-state index in [4.69, 9.17) is 4.74 Å². The molecule has 2 N–H and O–H groups in total. The second-order valence-corrected chi connectivity index (χ2v) is 5.58. The van der Waals surface area contributed by atoms with Crippen LogP contribution in [-0.2, 0) is 4.79 Å². The minimum atomic E-state index is -0.820. The molecule has 1 aromatic rings. The lowest BCUT2D eigenvalue weighted by Crippen LogP contribution is -2.49. The van der Waals surface area contributed by atoms with E-state index in [0.29, 0.717) is 12.8 Å². The highest BCUT2D eigenvalue weighted by atomic mass is 32.2. The second kappa shape index (κ2) is 5.52. The van der Waals surface area contributed by atoms with Gasteiger partial charge >= 0.3 is 5.97 Å². The van der Waals surface area contributed by atoms with Crippen molar-refractivity contribution in [1.29, 1.82) is 0 Å². The normalized spacial score (nSPS) is 18.1. The molecule has 1 aliphatic rings. The summed E-state index contributed by atoms with van der Waals surface area (Å²) in [5.41, 5.74) is 0.00456. The highest BCUT2D eigenvalue weighted by Gasteiger charge is 2.39. The Morgan fingerprint density at radius 3 is 2.44 bits per heavy atom. The number of hydrogen-bond acceptors (Lipinski definition) is 4. The van der Waals surface area contributed by atoms with Crippen LogP contribution < -0.4 is 10.1 Å². The maximum absolute atomic E-state index is 11.5. The van der Waals surface area contributed by atoms with Crippen molar-refractivity contribution in [2.24, 2.45) is 0 Å². The molecule has 1 fully saturated rings. The molecule has 0 aliphatic carbocycles. The lowest BCUT2D eigenvalue weighted by molar-refractivity contribution is -0.142. The molecule has 4 nitrogen and oxygen atoms in total. The van der Waals surface area contributed by atoms with Gasteiger partial charge in [-0.15, -0.1) is 0 Å². The smallest absolute Gasteiger partial charge is 0.329 e. The number of thioether (sulfide) groups is 1. The lowest BCUT2D eigenvalue weighted by Gasteiger charge is -2.34. The Balaban J connectivity index is 2.15. The van der Waals surface area contributed by atoms with E-state index in [0.717, 1.165) is 22.9 Å². The average molecular weight is 267 g/mol. The maximum Gasteiger partial charge on any atom is 0.329 e. The van der Waals surface area contributed by atoms with Gasteiger partial charge in [0.2, 0.25) is 0 Å². The van der Waals surface area contributed by atoms with Crippen molar-refractivity contribution in [1.82, 2.24) is 0 Å². The molecule has 0 aromatic heterocycles. The Bertz CT molecular complexity index is 413. The third kappa shape index (κ3) is 2.72. The zero-order chi connectivity index (χ0) is 13.0. The summed E-state index contributed by atoms with van der Waals surface area (Å²) in [5.74, 6) is 1.77. The fourth-order valence-electron chi connectivity index (χ4n) is 2.06. The van der Waals surface area contributed by atoms with Crippen molar-refractivity contribution >= 4 is 23.4 Å². The van der Waals surface area contributed by atoms with Crippen LogP contribution in [-0.4, -0.2) is 35.2 Å². The molecule has 1 heterocycles. The van der Waals surface area contributed by atoms with Crippen LogP contribution in [0.5, 0.6) is 5.75 Å². The first-order valence-corrected chi connectivity index (χ1v) is 7.05. The zero-order valence-corrected chi connectivity index (χ0v) is 11.1. The van der Waals surface area contributed by atoms with Crippen LogP contribution in [0.25, 0.3) is 0 Å². The largest absolute Gasteiger partial charge is 0.497 e. The predicted octanol–water partition coefficient (Wildman–Crippen LogP) is 2.46. The minimum absolute atomic E-state index is 0.652. The third-order valence-electron chi connectivity index (χ3n) is 3.23. The molecule has 1 saturated heterocycles. The summed E-state index contributed by atoms with van der Waals surface area (Å²) in [4.78, 5) is 11.5. The number of ether oxygens (including phenoxy) is 1. The standard InChI is InChI=1S/C13H17NO3S/c1-17-11-4-2-10(3-5-11)14-13(12(15)16)6-8-18-9-7-13/h2-5,14H,6-9H2,1H3,(H,15,16). The van der Waals surface area contributed by atoms with Crippen LogP contribution in [0.1, 0.15) is 12.8 Å². The number of carbonyl (C=O) groups is 1. The highest BCUT2D eigenvalue weighted by molar-refractivity contribution is 7.99. The quantitative estimate of drug-likeness (QED) is 0.877. The average Bonchev–Trinajstić information content (AvgIpc) is 2.40. The molecule has 0 saturated carbocycles. The topological polar surface area (TPSA) is 58.6 Å². The number of methoxy groups -OCH3 is 1. The summed E-state index contributed by atoms with van der Waals surface area (Å²) in [6.45, 7) is 0. The van der Waals surface area contributed by atoms with Gasteiger partial charge in [0.1, 0.15) is 11.3 Å². The summed E-state index contributed by atoms with van der Waals surface area (Å²) in [7, 11) is 1.61. The summed E-state index contributed by atoms with van der Waals surface area (Å²) < 4.78 is 5.08. The molecule has 0 spiro atoms. The van der Waals surface area contributed by atoms with E-state index < -0.39 is 11.5 Å². The van der Waals surface area contributed by atoms with E-state index in [2.05, 4.69) is 5.32 Å². The Kier molecular flexibility index (Phi) is 4.01.